The number of hydrogen-bond acceptors (Lipinski definition) is 4. The topological polar surface area (TPSA) is 80.9 Å². The van der Waals surface area contributed by atoms with Crippen molar-refractivity contribution in [3.8, 4) is 0 Å². The van der Waals surface area contributed by atoms with E-state index in [0.717, 1.165) is 0 Å². The van der Waals surface area contributed by atoms with Gasteiger partial charge in [-0.3, -0.25) is 0 Å². The van der Waals surface area contributed by atoms with Crippen molar-refractivity contribution in [1.82, 2.24) is 0 Å². The number of aliphatic hydroxyl groups excluding tert-OH is 4. The maximum atomic E-state index is 9.21. The van der Waals surface area contributed by atoms with Gasteiger partial charge in [-0.1, -0.05) is 6.58 Å². The maximum absolute atomic E-state index is 9.21. The summed E-state index contributed by atoms with van der Waals surface area (Å²) >= 11 is 0. The van der Waals surface area contributed by atoms with Gasteiger partial charge >= 0.3 is 0 Å². The fourth-order valence-corrected chi connectivity index (χ4v) is 0.803. The Balaban J connectivity index is 3.86. The molecule has 0 amide bonds. The summed E-state index contributed by atoms with van der Waals surface area (Å²) in [5, 5.41) is 35.7. The second-order valence-corrected chi connectivity index (χ2v) is 2.91. The Bertz CT molecular complexity index is 144. The summed E-state index contributed by atoms with van der Waals surface area (Å²) in [5.41, 5.74) is 0.433. The maximum Gasteiger partial charge on any atom is 0.106 e. The lowest BCUT2D eigenvalue weighted by Crippen LogP contribution is -2.35. The molecule has 0 aliphatic heterocycles. The lowest BCUT2D eigenvalue weighted by molar-refractivity contribution is -0.0514. The van der Waals surface area contributed by atoms with E-state index in [0.29, 0.717) is 5.57 Å². The van der Waals surface area contributed by atoms with Crippen LogP contribution in [0.4, 0.5) is 0 Å². The Hall–Kier alpha value is -0.420. The van der Waals surface area contributed by atoms with E-state index < -0.39 is 18.3 Å². The van der Waals surface area contributed by atoms with Crippen molar-refractivity contribution in [2.75, 3.05) is 6.61 Å². The van der Waals surface area contributed by atoms with Gasteiger partial charge in [-0.25, -0.2) is 0 Å². The lowest BCUT2D eigenvalue weighted by Gasteiger charge is -2.20. The summed E-state index contributed by atoms with van der Waals surface area (Å²) in [5.74, 6) is 0. The van der Waals surface area contributed by atoms with Gasteiger partial charge in [0.25, 0.3) is 0 Å². The molecule has 12 heavy (non-hydrogen) atoms. The molecule has 0 spiro atoms. The van der Waals surface area contributed by atoms with Crippen molar-refractivity contribution >= 4 is 0 Å². The van der Waals surface area contributed by atoms with E-state index in [1.807, 2.05) is 0 Å². The van der Waals surface area contributed by atoms with Crippen LogP contribution in [-0.4, -0.2) is 45.3 Å². The average molecular weight is 176 g/mol. The minimum Gasteiger partial charge on any atom is -0.392 e. The van der Waals surface area contributed by atoms with Gasteiger partial charge in [-0.05, 0) is 18.9 Å². The molecule has 0 saturated carbocycles. The van der Waals surface area contributed by atoms with Crippen molar-refractivity contribution in [3.05, 3.63) is 12.2 Å². The van der Waals surface area contributed by atoms with E-state index in [1.165, 1.54) is 6.92 Å². The van der Waals surface area contributed by atoms with Crippen LogP contribution >= 0.6 is 0 Å². The van der Waals surface area contributed by atoms with Crippen molar-refractivity contribution < 1.29 is 20.4 Å². The van der Waals surface area contributed by atoms with Crippen LogP contribution in [0.15, 0.2) is 12.2 Å². The van der Waals surface area contributed by atoms with Crippen LogP contribution in [0.25, 0.3) is 0 Å². The second-order valence-electron chi connectivity index (χ2n) is 2.91. The van der Waals surface area contributed by atoms with E-state index in [1.54, 1.807) is 0 Å². The molecule has 0 rings (SSSR count). The zero-order valence-corrected chi connectivity index (χ0v) is 7.14. The first kappa shape index (κ1) is 11.6. The molecule has 0 aromatic carbocycles. The standard InChI is InChI=1S/C8H16O4/c1-5(4-9)3-7(11)8(12)6(2)10/h6-12H,1,3-4H2,2H3. The highest BCUT2D eigenvalue weighted by molar-refractivity contribution is 4.97. The summed E-state index contributed by atoms with van der Waals surface area (Å²) in [6.07, 6.45) is -3.13. The van der Waals surface area contributed by atoms with Crippen molar-refractivity contribution in [2.45, 2.75) is 31.7 Å². The number of hydrogen-bond donors (Lipinski definition) is 4. The van der Waals surface area contributed by atoms with Crippen molar-refractivity contribution in [2.24, 2.45) is 0 Å². The van der Waals surface area contributed by atoms with Gasteiger partial charge in [0.2, 0.25) is 0 Å². The summed E-state index contributed by atoms with van der Waals surface area (Å²) in [6.45, 7) is 4.62. The smallest absolute Gasteiger partial charge is 0.106 e. The van der Waals surface area contributed by atoms with E-state index in [-0.39, 0.29) is 13.0 Å². The molecule has 4 heteroatoms. The Kier molecular flexibility index (Phi) is 5.08. The van der Waals surface area contributed by atoms with Gasteiger partial charge in [-0.2, -0.15) is 0 Å². The number of aliphatic hydroxyl groups is 4. The highest BCUT2D eigenvalue weighted by Crippen LogP contribution is 2.08. The van der Waals surface area contributed by atoms with Gasteiger partial charge in [0.15, 0.2) is 0 Å². The molecule has 0 heterocycles. The third kappa shape index (κ3) is 3.82. The normalized spacial score (nSPS) is 18.4. The van der Waals surface area contributed by atoms with Crippen LogP contribution in [0.3, 0.4) is 0 Å². The minimum atomic E-state index is -1.19. The summed E-state index contributed by atoms with van der Waals surface area (Å²) in [4.78, 5) is 0. The van der Waals surface area contributed by atoms with Gasteiger partial charge in [0, 0.05) is 0 Å². The summed E-state index contributed by atoms with van der Waals surface area (Å²) in [7, 11) is 0. The second kappa shape index (κ2) is 5.27. The molecule has 4 N–H and O–H groups in total. The summed E-state index contributed by atoms with van der Waals surface area (Å²) in [6, 6.07) is 0. The zero-order chi connectivity index (χ0) is 9.72. The van der Waals surface area contributed by atoms with Crippen LogP contribution < -0.4 is 0 Å². The van der Waals surface area contributed by atoms with E-state index in [2.05, 4.69) is 6.58 Å². The first-order valence-electron chi connectivity index (χ1n) is 3.80. The molecule has 0 bridgehead atoms. The zero-order valence-electron chi connectivity index (χ0n) is 7.14. The highest BCUT2D eigenvalue weighted by Gasteiger charge is 2.21. The molecule has 0 saturated heterocycles. The Morgan fingerprint density at radius 2 is 1.83 bits per heavy atom. The molecular formula is C8H16O4. The first-order chi connectivity index (χ1) is 5.49. The predicted molar refractivity (Wildman–Crippen MR) is 44.5 cm³/mol. The molecule has 72 valence electrons. The molecule has 0 radical (unpaired) electrons. The lowest BCUT2D eigenvalue weighted by atomic mass is 10.0. The van der Waals surface area contributed by atoms with Crippen LogP contribution in [-0.2, 0) is 0 Å². The largest absolute Gasteiger partial charge is 0.392 e. The van der Waals surface area contributed by atoms with Crippen LogP contribution in [0.5, 0.6) is 0 Å². The fourth-order valence-electron chi connectivity index (χ4n) is 0.803. The minimum absolute atomic E-state index is 0.0998. The van der Waals surface area contributed by atoms with E-state index in [4.69, 9.17) is 15.3 Å². The van der Waals surface area contributed by atoms with Gasteiger partial charge < -0.3 is 20.4 Å². The van der Waals surface area contributed by atoms with Crippen LogP contribution in [0.2, 0.25) is 0 Å². The van der Waals surface area contributed by atoms with Crippen molar-refractivity contribution in [1.29, 1.82) is 0 Å². The molecule has 0 aromatic rings. The van der Waals surface area contributed by atoms with E-state index in [9.17, 15) is 5.11 Å². The monoisotopic (exact) mass is 176 g/mol. The third-order valence-electron chi connectivity index (χ3n) is 1.61. The predicted octanol–water partition coefficient (Wildman–Crippen LogP) is -0.972. The SMILES string of the molecule is C=C(CO)CC(O)C(O)C(C)O. The van der Waals surface area contributed by atoms with Gasteiger partial charge in [0.1, 0.15) is 6.10 Å². The number of rotatable bonds is 5. The summed E-state index contributed by atoms with van der Waals surface area (Å²) < 4.78 is 0. The molecule has 3 unspecified atom stereocenters. The van der Waals surface area contributed by atoms with Gasteiger partial charge in [0.05, 0.1) is 18.8 Å². The van der Waals surface area contributed by atoms with E-state index >= 15 is 0 Å². The molecule has 0 aliphatic carbocycles. The molecule has 0 fully saturated rings. The molecule has 0 aliphatic rings. The quantitative estimate of drug-likeness (QED) is 0.406. The van der Waals surface area contributed by atoms with Crippen LogP contribution in [0, 0.1) is 0 Å². The van der Waals surface area contributed by atoms with Crippen molar-refractivity contribution in [3.63, 3.8) is 0 Å². The fraction of sp³-hybridized carbons (Fsp3) is 0.750. The molecule has 0 aromatic heterocycles. The van der Waals surface area contributed by atoms with Gasteiger partial charge in [-0.15, -0.1) is 0 Å². The highest BCUT2D eigenvalue weighted by atomic mass is 16.4. The average Bonchev–Trinajstić information content (AvgIpc) is 2.02. The first-order valence-corrected chi connectivity index (χ1v) is 3.80. The molecule has 3 atom stereocenters. The Morgan fingerprint density at radius 3 is 2.17 bits per heavy atom. The molecule has 4 nitrogen and oxygen atoms in total. The molecular weight excluding hydrogens is 160 g/mol. The van der Waals surface area contributed by atoms with Crippen LogP contribution in [0.1, 0.15) is 13.3 Å². The third-order valence-corrected chi connectivity index (χ3v) is 1.61. The Morgan fingerprint density at radius 1 is 1.33 bits per heavy atom. The Labute approximate surface area is 71.8 Å².